The Morgan fingerprint density at radius 3 is 2.87 bits per heavy atom. The quantitative estimate of drug-likeness (QED) is 0.747. The molecule has 0 spiro atoms. The maximum Gasteiger partial charge on any atom is 0.211 e. The van der Waals surface area contributed by atoms with E-state index in [9.17, 15) is 8.42 Å². The van der Waals surface area contributed by atoms with Crippen molar-refractivity contribution in [2.75, 3.05) is 11.6 Å². The second kappa shape index (κ2) is 5.99. The summed E-state index contributed by atoms with van der Waals surface area (Å²) >= 11 is 5.41. The van der Waals surface area contributed by atoms with Gasteiger partial charge in [0.25, 0.3) is 0 Å². The molecule has 0 atom stereocenters. The van der Waals surface area contributed by atoms with Crippen LogP contribution in [0.5, 0.6) is 0 Å². The fourth-order valence-electron chi connectivity index (χ4n) is 0.928. The number of nitrogens with one attached hydrogen (secondary N) is 1. The van der Waals surface area contributed by atoms with Gasteiger partial charge in [-0.15, -0.1) is 11.6 Å². The van der Waals surface area contributed by atoms with Gasteiger partial charge in [0.15, 0.2) is 0 Å². The second-order valence-electron chi connectivity index (χ2n) is 2.90. The largest absolute Gasteiger partial charge is 0.212 e. The number of aromatic nitrogens is 2. The van der Waals surface area contributed by atoms with Crippen molar-refractivity contribution in [2.24, 2.45) is 0 Å². The highest BCUT2D eigenvalue weighted by Gasteiger charge is 2.09. The van der Waals surface area contributed by atoms with Crippen molar-refractivity contribution in [1.29, 1.82) is 0 Å². The average Bonchev–Trinajstić information content (AvgIpc) is 2.25. The van der Waals surface area contributed by atoms with Crippen LogP contribution in [0.2, 0.25) is 0 Å². The summed E-state index contributed by atoms with van der Waals surface area (Å²) in [6.07, 6.45) is 1.98. The Morgan fingerprint density at radius 2 is 2.27 bits per heavy atom. The van der Waals surface area contributed by atoms with Crippen LogP contribution in [-0.2, 0) is 16.6 Å². The summed E-state index contributed by atoms with van der Waals surface area (Å²) in [6.45, 7) is 0.165. The molecule has 0 saturated heterocycles. The molecule has 0 radical (unpaired) electrons. The van der Waals surface area contributed by atoms with E-state index in [1.54, 1.807) is 12.1 Å². The maximum absolute atomic E-state index is 11.3. The highest BCUT2D eigenvalue weighted by atomic mass is 35.5. The predicted octanol–water partition coefficient (Wildman–Crippen LogP) is 0.525. The molecule has 0 unspecified atom stereocenters. The lowest BCUT2D eigenvalue weighted by atomic mass is 10.4. The topological polar surface area (TPSA) is 72.0 Å². The van der Waals surface area contributed by atoms with Crippen LogP contribution >= 0.6 is 11.6 Å². The van der Waals surface area contributed by atoms with Crippen LogP contribution in [0.3, 0.4) is 0 Å². The molecule has 0 fully saturated rings. The van der Waals surface area contributed by atoms with Crippen LogP contribution in [-0.4, -0.2) is 30.2 Å². The van der Waals surface area contributed by atoms with Gasteiger partial charge in [-0.1, -0.05) is 0 Å². The summed E-state index contributed by atoms with van der Waals surface area (Å²) in [7, 11) is -3.24. The van der Waals surface area contributed by atoms with Crippen molar-refractivity contribution in [1.82, 2.24) is 14.9 Å². The zero-order chi connectivity index (χ0) is 11.1. The predicted molar refractivity (Wildman–Crippen MR) is 58.0 cm³/mol. The Hall–Kier alpha value is -0.720. The molecule has 0 amide bonds. The van der Waals surface area contributed by atoms with Crippen LogP contribution in [0.4, 0.5) is 0 Å². The molecule has 0 aliphatic heterocycles. The molecule has 7 heteroatoms. The van der Waals surface area contributed by atoms with Gasteiger partial charge >= 0.3 is 0 Å². The Kier molecular flexibility index (Phi) is 4.93. The van der Waals surface area contributed by atoms with Gasteiger partial charge in [0.05, 0.1) is 18.0 Å². The number of hydrogen-bond acceptors (Lipinski definition) is 4. The van der Waals surface area contributed by atoms with E-state index in [1.165, 1.54) is 6.20 Å². The first kappa shape index (κ1) is 12.4. The SMILES string of the molecule is O=S(=O)(CCCCl)NCc1cccnn1. The first-order valence-electron chi connectivity index (χ1n) is 4.44. The summed E-state index contributed by atoms with van der Waals surface area (Å²) in [4.78, 5) is 0. The zero-order valence-electron chi connectivity index (χ0n) is 8.06. The minimum Gasteiger partial charge on any atom is -0.212 e. The van der Waals surface area contributed by atoms with Crippen molar-refractivity contribution in [3.05, 3.63) is 24.0 Å². The van der Waals surface area contributed by atoms with Crippen LogP contribution in [0.25, 0.3) is 0 Å². The molecule has 0 aliphatic rings. The van der Waals surface area contributed by atoms with Gasteiger partial charge in [0, 0.05) is 12.1 Å². The van der Waals surface area contributed by atoms with Crippen molar-refractivity contribution >= 4 is 21.6 Å². The number of rotatable bonds is 6. The fourth-order valence-corrected chi connectivity index (χ4v) is 2.26. The summed E-state index contributed by atoms with van der Waals surface area (Å²) in [5.74, 6) is 0.378. The summed E-state index contributed by atoms with van der Waals surface area (Å²) in [5, 5.41) is 7.40. The summed E-state index contributed by atoms with van der Waals surface area (Å²) in [6, 6.07) is 3.41. The molecule has 15 heavy (non-hydrogen) atoms. The fraction of sp³-hybridized carbons (Fsp3) is 0.500. The molecule has 1 rings (SSSR count). The van der Waals surface area contributed by atoms with Crippen LogP contribution < -0.4 is 4.72 Å². The molecule has 84 valence electrons. The second-order valence-corrected chi connectivity index (χ2v) is 5.20. The Labute approximate surface area is 93.9 Å². The monoisotopic (exact) mass is 249 g/mol. The molecule has 1 aromatic rings. The zero-order valence-corrected chi connectivity index (χ0v) is 9.63. The van der Waals surface area contributed by atoms with Crippen molar-refractivity contribution in [3.63, 3.8) is 0 Å². The highest BCUT2D eigenvalue weighted by Crippen LogP contribution is 1.95. The molecular formula is C8H12ClN3O2S. The summed E-state index contributed by atoms with van der Waals surface area (Å²) in [5.41, 5.74) is 0.590. The molecule has 0 saturated carbocycles. The van der Waals surface area contributed by atoms with Gasteiger partial charge in [0.2, 0.25) is 10.0 Å². The molecule has 1 heterocycles. The first-order valence-corrected chi connectivity index (χ1v) is 6.62. The number of sulfonamides is 1. The van der Waals surface area contributed by atoms with Crippen LogP contribution in [0.1, 0.15) is 12.1 Å². The molecule has 0 aliphatic carbocycles. The van der Waals surface area contributed by atoms with Crippen molar-refractivity contribution in [3.8, 4) is 0 Å². The minimum atomic E-state index is -3.24. The smallest absolute Gasteiger partial charge is 0.211 e. The molecule has 0 aromatic carbocycles. The van der Waals surface area contributed by atoms with Gasteiger partial charge in [-0.25, -0.2) is 13.1 Å². The third-order valence-corrected chi connectivity index (χ3v) is 3.32. The molecule has 1 aromatic heterocycles. The Bertz CT molecular complexity index is 382. The number of nitrogens with zero attached hydrogens (tertiary/aromatic N) is 2. The highest BCUT2D eigenvalue weighted by molar-refractivity contribution is 7.89. The molecule has 5 nitrogen and oxygen atoms in total. The lowest BCUT2D eigenvalue weighted by Crippen LogP contribution is -2.26. The standard InChI is InChI=1S/C8H12ClN3O2S/c9-4-2-6-15(13,14)11-7-8-3-1-5-10-12-8/h1,3,5,11H,2,4,6-7H2. The van der Waals surface area contributed by atoms with Gasteiger partial charge in [-0.3, -0.25) is 0 Å². The van der Waals surface area contributed by atoms with E-state index in [2.05, 4.69) is 14.9 Å². The first-order chi connectivity index (χ1) is 7.14. The summed E-state index contributed by atoms with van der Waals surface area (Å²) < 4.78 is 25.1. The third-order valence-electron chi connectivity index (χ3n) is 1.65. The molecular weight excluding hydrogens is 238 g/mol. The van der Waals surface area contributed by atoms with E-state index < -0.39 is 10.0 Å². The van der Waals surface area contributed by atoms with E-state index in [4.69, 9.17) is 11.6 Å². The van der Waals surface area contributed by atoms with Crippen molar-refractivity contribution in [2.45, 2.75) is 13.0 Å². The third kappa shape index (κ3) is 5.06. The maximum atomic E-state index is 11.3. The Morgan fingerprint density at radius 1 is 1.47 bits per heavy atom. The average molecular weight is 250 g/mol. The lowest BCUT2D eigenvalue weighted by molar-refractivity contribution is 0.578. The lowest BCUT2D eigenvalue weighted by Gasteiger charge is -2.04. The number of halogens is 1. The van der Waals surface area contributed by atoms with Crippen LogP contribution in [0, 0.1) is 0 Å². The minimum absolute atomic E-state index is 0.0385. The van der Waals surface area contributed by atoms with Gasteiger partial charge in [-0.05, 0) is 18.6 Å². The van der Waals surface area contributed by atoms with E-state index >= 15 is 0 Å². The van der Waals surface area contributed by atoms with Crippen LogP contribution in [0.15, 0.2) is 18.3 Å². The number of hydrogen-bond donors (Lipinski definition) is 1. The van der Waals surface area contributed by atoms with E-state index in [-0.39, 0.29) is 12.3 Å². The molecule has 0 bridgehead atoms. The van der Waals surface area contributed by atoms with E-state index in [0.717, 1.165) is 0 Å². The van der Waals surface area contributed by atoms with E-state index in [0.29, 0.717) is 18.0 Å². The van der Waals surface area contributed by atoms with E-state index in [1.807, 2.05) is 0 Å². The van der Waals surface area contributed by atoms with Gasteiger partial charge in [0.1, 0.15) is 0 Å². The normalized spacial score (nSPS) is 11.5. The van der Waals surface area contributed by atoms with Gasteiger partial charge < -0.3 is 0 Å². The molecule has 1 N–H and O–H groups in total. The van der Waals surface area contributed by atoms with Gasteiger partial charge in [-0.2, -0.15) is 10.2 Å². The number of alkyl halides is 1. The Balaban J connectivity index is 2.43. The van der Waals surface area contributed by atoms with Crippen molar-refractivity contribution < 1.29 is 8.42 Å².